The van der Waals surface area contributed by atoms with Crippen molar-refractivity contribution in [1.82, 2.24) is 10.4 Å². The molecule has 0 spiro atoms. The second-order valence-corrected chi connectivity index (χ2v) is 2.63. The number of hydrazine groups is 1. The van der Waals surface area contributed by atoms with Crippen LogP contribution in [-0.4, -0.2) is 25.0 Å². The van der Waals surface area contributed by atoms with Crippen LogP contribution in [0.4, 0.5) is 0 Å². The van der Waals surface area contributed by atoms with Gasteiger partial charge in [-0.2, -0.15) is 0 Å². The zero-order valence-electron chi connectivity index (χ0n) is 7.64. The minimum absolute atomic E-state index is 0.0307. The van der Waals surface area contributed by atoms with Crippen LogP contribution in [0.2, 0.25) is 0 Å². The Morgan fingerprint density at radius 1 is 1.55 bits per heavy atom. The minimum Gasteiger partial charge on any atom is -0.286 e. The summed E-state index contributed by atoms with van der Waals surface area (Å²) in [5.74, 6) is -0.0307. The number of rotatable bonds is 3. The van der Waals surface area contributed by atoms with Crippen LogP contribution in [-0.2, 0) is 4.79 Å². The van der Waals surface area contributed by atoms with E-state index in [-0.39, 0.29) is 5.91 Å². The second-order valence-electron chi connectivity index (χ2n) is 2.63. The zero-order chi connectivity index (χ0) is 8.85. The molecule has 0 aliphatic rings. The highest BCUT2D eigenvalue weighted by atomic mass is 16.2. The lowest BCUT2D eigenvalue weighted by Crippen LogP contribution is -2.36. The number of carbonyl (C=O) groups is 1. The first-order valence-corrected chi connectivity index (χ1v) is 3.73. The zero-order valence-corrected chi connectivity index (χ0v) is 7.64. The Morgan fingerprint density at radius 3 is 2.45 bits per heavy atom. The number of nitrogens with one attached hydrogen (secondary N) is 1. The number of amides is 1. The van der Waals surface area contributed by atoms with E-state index in [0.717, 1.165) is 12.0 Å². The van der Waals surface area contributed by atoms with Gasteiger partial charge in [0.1, 0.15) is 0 Å². The van der Waals surface area contributed by atoms with Gasteiger partial charge in [0.25, 0.3) is 5.91 Å². The van der Waals surface area contributed by atoms with Gasteiger partial charge < -0.3 is 0 Å². The Bertz CT molecular complexity index is 161. The molecule has 0 aromatic carbocycles. The Labute approximate surface area is 68.0 Å². The number of carbonyl (C=O) groups excluding carboxylic acids is 1. The molecule has 0 unspecified atom stereocenters. The molecule has 0 aromatic rings. The van der Waals surface area contributed by atoms with Gasteiger partial charge in [0, 0.05) is 19.7 Å². The van der Waals surface area contributed by atoms with E-state index in [0.29, 0.717) is 0 Å². The normalized spacial score (nSPS) is 11.9. The monoisotopic (exact) mass is 156 g/mol. The van der Waals surface area contributed by atoms with Crippen molar-refractivity contribution in [1.29, 1.82) is 0 Å². The molecule has 0 bridgehead atoms. The Hall–Kier alpha value is -0.830. The van der Waals surface area contributed by atoms with Crippen LogP contribution in [0.5, 0.6) is 0 Å². The number of nitrogens with zero attached hydrogens (tertiary/aromatic N) is 1. The van der Waals surface area contributed by atoms with Gasteiger partial charge >= 0.3 is 0 Å². The standard InChI is InChI=1S/C8H16N2O/c1-5-6-7(2)8(11)9-10(3)4/h6H,5H2,1-4H3,(H,9,11)/b7-6+. The van der Waals surface area contributed by atoms with Crippen LogP contribution in [0.15, 0.2) is 11.6 Å². The molecule has 0 atom stereocenters. The molecule has 0 aliphatic heterocycles. The summed E-state index contributed by atoms with van der Waals surface area (Å²) in [6, 6.07) is 0. The maximum Gasteiger partial charge on any atom is 0.260 e. The van der Waals surface area contributed by atoms with Crippen molar-refractivity contribution in [2.45, 2.75) is 20.3 Å². The molecular formula is C8H16N2O. The molecule has 0 radical (unpaired) electrons. The van der Waals surface area contributed by atoms with Crippen molar-refractivity contribution >= 4 is 5.91 Å². The predicted octanol–water partition coefficient (Wildman–Crippen LogP) is 0.935. The predicted molar refractivity (Wildman–Crippen MR) is 45.9 cm³/mol. The molecule has 3 heteroatoms. The first kappa shape index (κ1) is 10.2. The van der Waals surface area contributed by atoms with Gasteiger partial charge in [0.05, 0.1) is 0 Å². The SMILES string of the molecule is CC/C=C(\C)C(=O)NN(C)C. The van der Waals surface area contributed by atoms with E-state index in [1.54, 1.807) is 19.1 Å². The summed E-state index contributed by atoms with van der Waals surface area (Å²) in [5.41, 5.74) is 3.42. The van der Waals surface area contributed by atoms with Gasteiger partial charge in [-0.25, -0.2) is 5.01 Å². The lowest BCUT2D eigenvalue weighted by Gasteiger charge is -2.11. The Morgan fingerprint density at radius 2 is 2.09 bits per heavy atom. The Balaban J connectivity index is 3.93. The second kappa shape index (κ2) is 4.91. The van der Waals surface area contributed by atoms with E-state index in [2.05, 4.69) is 5.43 Å². The summed E-state index contributed by atoms with van der Waals surface area (Å²) in [5, 5.41) is 1.63. The summed E-state index contributed by atoms with van der Waals surface area (Å²) in [6.07, 6.45) is 2.80. The summed E-state index contributed by atoms with van der Waals surface area (Å²) in [6.45, 7) is 3.81. The van der Waals surface area contributed by atoms with Crippen LogP contribution >= 0.6 is 0 Å². The fourth-order valence-corrected chi connectivity index (χ4v) is 0.690. The van der Waals surface area contributed by atoms with E-state index in [1.165, 1.54) is 0 Å². The molecule has 0 saturated heterocycles. The highest BCUT2D eigenvalue weighted by molar-refractivity contribution is 5.92. The van der Waals surface area contributed by atoms with Gasteiger partial charge in [-0.15, -0.1) is 0 Å². The third-order valence-electron chi connectivity index (χ3n) is 1.19. The molecule has 1 N–H and O–H groups in total. The lowest BCUT2D eigenvalue weighted by atomic mass is 10.2. The van der Waals surface area contributed by atoms with Crippen LogP contribution in [0.25, 0.3) is 0 Å². The molecule has 0 aromatic heterocycles. The van der Waals surface area contributed by atoms with Crippen molar-refractivity contribution in [2.75, 3.05) is 14.1 Å². The largest absolute Gasteiger partial charge is 0.286 e. The molecule has 0 rings (SSSR count). The van der Waals surface area contributed by atoms with E-state index in [1.807, 2.05) is 19.9 Å². The topological polar surface area (TPSA) is 32.3 Å². The molecular weight excluding hydrogens is 140 g/mol. The van der Waals surface area contributed by atoms with E-state index in [4.69, 9.17) is 0 Å². The fourth-order valence-electron chi connectivity index (χ4n) is 0.690. The molecule has 0 heterocycles. The van der Waals surface area contributed by atoms with Gasteiger partial charge in [-0.1, -0.05) is 13.0 Å². The molecule has 3 nitrogen and oxygen atoms in total. The number of hydrogen-bond donors (Lipinski definition) is 1. The van der Waals surface area contributed by atoms with Gasteiger partial charge in [0.15, 0.2) is 0 Å². The van der Waals surface area contributed by atoms with Crippen molar-refractivity contribution in [3.8, 4) is 0 Å². The average Bonchev–Trinajstić information content (AvgIpc) is 1.86. The van der Waals surface area contributed by atoms with Crippen LogP contribution < -0.4 is 5.43 Å². The van der Waals surface area contributed by atoms with E-state index in [9.17, 15) is 4.79 Å². The van der Waals surface area contributed by atoms with Crippen molar-refractivity contribution in [2.24, 2.45) is 0 Å². The molecule has 1 amide bonds. The van der Waals surface area contributed by atoms with Crippen LogP contribution in [0.1, 0.15) is 20.3 Å². The van der Waals surface area contributed by atoms with Crippen LogP contribution in [0.3, 0.4) is 0 Å². The summed E-state index contributed by atoms with van der Waals surface area (Å²) in [7, 11) is 3.58. The van der Waals surface area contributed by atoms with Gasteiger partial charge in [-0.05, 0) is 13.3 Å². The molecule has 11 heavy (non-hydrogen) atoms. The highest BCUT2D eigenvalue weighted by Crippen LogP contribution is 1.94. The molecule has 64 valence electrons. The van der Waals surface area contributed by atoms with Crippen molar-refractivity contribution in [3.63, 3.8) is 0 Å². The fraction of sp³-hybridized carbons (Fsp3) is 0.625. The maximum atomic E-state index is 11.1. The third kappa shape index (κ3) is 4.56. The first-order chi connectivity index (χ1) is 5.07. The number of hydrogen-bond acceptors (Lipinski definition) is 2. The summed E-state index contributed by atoms with van der Waals surface area (Å²) >= 11 is 0. The van der Waals surface area contributed by atoms with E-state index >= 15 is 0 Å². The summed E-state index contributed by atoms with van der Waals surface area (Å²) in [4.78, 5) is 11.1. The van der Waals surface area contributed by atoms with Gasteiger partial charge in [0.2, 0.25) is 0 Å². The quantitative estimate of drug-likeness (QED) is 0.487. The van der Waals surface area contributed by atoms with E-state index < -0.39 is 0 Å². The Kier molecular flexibility index (Phi) is 4.54. The minimum atomic E-state index is -0.0307. The first-order valence-electron chi connectivity index (χ1n) is 3.73. The van der Waals surface area contributed by atoms with Gasteiger partial charge in [-0.3, -0.25) is 10.2 Å². The molecule has 0 fully saturated rings. The number of allylic oxidation sites excluding steroid dienone is 1. The summed E-state index contributed by atoms with van der Waals surface area (Å²) < 4.78 is 0. The molecule has 0 aliphatic carbocycles. The average molecular weight is 156 g/mol. The lowest BCUT2D eigenvalue weighted by molar-refractivity contribution is -0.121. The highest BCUT2D eigenvalue weighted by Gasteiger charge is 2.02. The third-order valence-corrected chi connectivity index (χ3v) is 1.19. The van der Waals surface area contributed by atoms with Crippen molar-refractivity contribution in [3.05, 3.63) is 11.6 Å². The smallest absolute Gasteiger partial charge is 0.260 e. The maximum absolute atomic E-state index is 11.1. The van der Waals surface area contributed by atoms with Crippen molar-refractivity contribution < 1.29 is 4.79 Å². The molecule has 0 saturated carbocycles. The van der Waals surface area contributed by atoms with Crippen LogP contribution in [0, 0.1) is 0 Å².